The molecule has 1 unspecified atom stereocenters. The number of amidine groups is 1. The van der Waals surface area contributed by atoms with Crippen molar-refractivity contribution in [3.8, 4) is 11.8 Å². The van der Waals surface area contributed by atoms with Gasteiger partial charge in [0.05, 0.1) is 5.03 Å². The number of allylic oxidation sites excluding steroid dienone is 2. The summed E-state index contributed by atoms with van der Waals surface area (Å²) in [6.07, 6.45) is 14.7. The number of benzene rings is 1. The minimum Gasteiger partial charge on any atom is -0.245 e. The van der Waals surface area contributed by atoms with E-state index in [-0.39, 0.29) is 0 Å². The normalized spacial score (nSPS) is 22.7. The number of quaternary nitrogens is 1. The number of nitrogens with zero attached hydrogens (tertiary/aromatic N) is 3. The average molecular weight is 427 g/mol. The van der Waals surface area contributed by atoms with Gasteiger partial charge in [0.25, 0.3) is 0 Å². The van der Waals surface area contributed by atoms with Gasteiger partial charge in [-0.1, -0.05) is 42.1 Å². The third kappa shape index (κ3) is 4.02. The van der Waals surface area contributed by atoms with Crippen molar-refractivity contribution in [1.82, 2.24) is 4.98 Å². The topological polar surface area (TPSA) is 25.2 Å². The van der Waals surface area contributed by atoms with Gasteiger partial charge in [-0.05, 0) is 56.0 Å². The number of hydrogen-bond donors (Lipinski definition) is 0. The molecule has 0 radical (unpaired) electrons. The highest BCUT2D eigenvalue weighted by atomic mass is 35.5. The lowest BCUT2D eigenvalue weighted by molar-refractivity contribution is -0.761. The molecule has 0 bridgehead atoms. The van der Waals surface area contributed by atoms with Crippen molar-refractivity contribution >= 4 is 23.1 Å². The van der Waals surface area contributed by atoms with E-state index in [2.05, 4.69) is 47.4 Å². The minimum atomic E-state index is 0.499. The summed E-state index contributed by atoms with van der Waals surface area (Å²) in [4.78, 5) is 9.50. The number of aromatic nitrogens is 1. The van der Waals surface area contributed by atoms with Gasteiger partial charge >= 0.3 is 0 Å². The predicted octanol–water partition coefficient (Wildman–Crippen LogP) is 6.30. The molecule has 3 nitrogen and oxygen atoms in total. The van der Waals surface area contributed by atoms with Crippen molar-refractivity contribution in [3.05, 3.63) is 94.6 Å². The molecule has 1 aromatic carbocycles. The first-order valence-electron chi connectivity index (χ1n) is 11.0. The Morgan fingerprint density at radius 2 is 1.81 bits per heavy atom. The van der Waals surface area contributed by atoms with Gasteiger partial charge in [-0.15, -0.1) is 0 Å². The van der Waals surface area contributed by atoms with Crippen LogP contribution in [0, 0.1) is 18.8 Å². The van der Waals surface area contributed by atoms with Gasteiger partial charge in [0, 0.05) is 35.7 Å². The Bertz CT molecular complexity index is 1200. The van der Waals surface area contributed by atoms with Crippen LogP contribution in [0.4, 0.5) is 0 Å². The third-order valence-corrected chi connectivity index (χ3v) is 6.48. The van der Waals surface area contributed by atoms with Crippen LogP contribution >= 0.6 is 11.6 Å². The Morgan fingerprint density at radius 1 is 0.968 bits per heavy atom. The molecule has 1 fully saturated rings. The molecule has 1 saturated carbocycles. The molecule has 3 heterocycles. The predicted molar refractivity (Wildman–Crippen MR) is 127 cm³/mol. The number of rotatable bonds is 2. The van der Waals surface area contributed by atoms with Crippen LogP contribution in [-0.4, -0.2) is 21.3 Å². The van der Waals surface area contributed by atoms with Crippen molar-refractivity contribution in [2.45, 2.75) is 45.1 Å². The van der Waals surface area contributed by atoms with E-state index in [0.717, 1.165) is 39.1 Å². The molecule has 0 N–H and O–H groups in total. The smallest absolute Gasteiger partial charge is 0.237 e. The van der Waals surface area contributed by atoms with E-state index < -0.39 is 0 Å². The Balaban J connectivity index is 1.50. The molecule has 2 aromatic rings. The Labute approximate surface area is 189 Å². The molecular weight excluding hydrogens is 402 g/mol. The van der Waals surface area contributed by atoms with Crippen LogP contribution in [0.3, 0.4) is 0 Å². The maximum absolute atomic E-state index is 6.47. The first-order valence-corrected chi connectivity index (χ1v) is 11.3. The van der Waals surface area contributed by atoms with Gasteiger partial charge in [-0.25, -0.2) is 9.47 Å². The zero-order valence-corrected chi connectivity index (χ0v) is 18.4. The van der Waals surface area contributed by atoms with Gasteiger partial charge < -0.3 is 0 Å². The highest BCUT2D eigenvalue weighted by Gasteiger charge is 2.45. The van der Waals surface area contributed by atoms with E-state index in [4.69, 9.17) is 16.6 Å². The Kier molecular flexibility index (Phi) is 5.36. The highest BCUT2D eigenvalue weighted by molar-refractivity contribution is 6.31. The number of hydrogen-bond acceptors (Lipinski definition) is 2. The zero-order chi connectivity index (χ0) is 21.3. The largest absolute Gasteiger partial charge is 0.245 e. The molecule has 154 valence electrons. The van der Waals surface area contributed by atoms with Gasteiger partial charge in [0.1, 0.15) is 29.8 Å². The number of fused-ring (bicyclic) bond motifs is 1. The molecule has 31 heavy (non-hydrogen) atoms. The monoisotopic (exact) mass is 426 g/mol. The van der Waals surface area contributed by atoms with E-state index in [1.807, 2.05) is 43.3 Å². The van der Waals surface area contributed by atoms with E-state index in [0.29, 0.717) is 10.5 Å². The summed E-state index contributed by atoms with van der Waals surface area (Å²) >= 11 is 6.47. The number of aliphatic imine (C=N–C) groups is 1. The number of pyridine rings is 1. The SMILES string of the molecule is Cc1cccc(C#Cc2cccc(C3=C[N+]4(C5CCCCC5)C=C(Cl)C=CC4=N3)c2)n1. The molecular formula is C27H25ClN3+. The summed E-state index contributed by atoms with van der Waals surface area (Å²) in [6.45, 7) is 1.98. The third-order valence-electron chi connectivity index (χ3n) is 6.26. The lowest BCUT2D eigenvalue weighted by Crippen LogP contribution is -2.50. The van der Waals surface area contributed by atoms with Crippen LogP contribution in [0.1, 0.15) is 54.6 Å². The van der Waals surface area contributed by atoms with Crippen LogP contribution in [0.15, 0.2) is 77.0 Å². The lowest BCUT2D eigenvalue weighted by atomic mass is 9.92. The molecule has 1 atom stereocenters. The van der Waals surface area contributed by atoms with Crippen molar-refractivity contribution in [3.63, 3.8) is 0 Å². The van der Waals surface area contributed by atoms with Crippen LogP contribution in [0.25, 0.3) is 5.70 Å². The fourth-order valence-corrected chi connectivity index (χ4v) is 4.95. The molecule has 4 heteroatoms. The van der Waals surface area contributed by atoms with Gasteiger partial charge in [-0.2, -0.15) is 4.99 Å². The highest BCUT2D eigenvalue weighted by Crippen LogP contribution is 2.40. The standard InChI is InChI=1S/C27H25ClN3/c1-20-7-5-10-24(29-20)15-13-21-8-6-9-22(17-21)26-19-31(25-11-3-2-4-12-25)18-23(28)14-16-27(31)30-26/h5-10,14,16-19,25H,2-4,11-12H2,1H3/q+1. The summed E-state index contributed by atoms with van der Waals surface area (Å²) in [5.41, 5.74) is 4.79. The Hall–Kier alpha value is -2.93. The first-order chi connectivity index (χ1) is 15.1. The van der Waals surface area contributed by atoms with Crippen LogP contribution in [0.2, 0.25) is 0 Å². The maximum atomic E-state index is 6.47. The second kappa shape index (κ2) is 8.30. The maximum Gasteiger partial charge on any atom is 0.237 e. The van der Waals surface area contributed by atoms with Crippen LogP contribution < -0.4 is 0 Å². The molecule has 1 aromatic heterocycles. The molecule has 0 spiro atoms. The van der Waals surface area contributed by atoms with Crippen molar-refractivity contribution in [2.24, 2.45) is 4.99 Å². The van der Waals surface area contributed by atoms with Gasteiger partial charge in [0.15, 0.2) is 0 Å². The molecule has 5 rings (SSSR count). The molecule has 1 aliphatic carbocycles. The summed E-state index contributed by atoms with van der Waals surface area (Å²) in [7, 11) is 0. The van der Waals surface area contributed by atoms with E-state index in [1.165, 1.54) is 32.1 Å². The minimum absolute atomic E-state index is 0.499. The zero-order valence-electron chi connectivity index (χ0n) is 17.7. The summed E-state index contributed by atoms with van der Waals surface area (Å²) in [5, 5.41) is 0.785. The fourth-order valence-electron chi connectivity index (χ4n) is 4.73. The van der Waals surface area contributed by atoms with Gasteiger partial charge in [0.2, 0.25) is 5.84 Å². The summed E-state index contributed by atoms with van der Waals surface area (Å²) in [6, 6.07) is 14.7. The summed E-state index contributed by atoms with van der Waals surface area (Å²) in [5.74, 6) is 7.49. The summed E-state index contributed by atoms with van der Waals surface area (Å²) < 4.78 is 0.647. The number of halogens is 1. The lowest BCUT2D eigenvalue weighted by Gasteiger charge is -2.38. The van der Waals surface area contributed by atoms with Crippen molar-refractivity contribution < 1.29 is 4.48 Å². The van der Waals surface area contributed by atoms with E-state index in [1.54, 1.807) is 0 Å². The molecule has 3 aliphatic rings. The number of aryl methyl sites for hydroxylation is 1. The molecule has 0 amide bonds. The molecule has 2 aliphatic heterocycles. The van der Waals surface area contributed by atoms with Crippen molar-refractivity contribution in [1.29, 1.82) is 0 Å². The first kappa shape index (κ1) is 20.0. The van der Waals surface area contributed by atoms with Crippen LogP contribution in [0.5, 0.6) is 0 Å². The second-order valence-corrected chi connectivity index (χ2v) is 8.89. The van der Waals surface area contributed by atoms with Gasteiger partial charge in [-0.3, -0.25) is 0 Å². The second-order valence-electron chi connectivity index (χ2n) is 8.45. The van der Waals surface area contributed by atoms with E-state index >= 15 is 0 Å². The quantitative estimate of drug-likeness (QED) is 0.408. The van der Waals surface area contributed by atoms with Crippen molar-refractivity contribution in [2.75, 3.05) is 0 Å². The Morgan fingerprint density at radius 3 is 2.65 bits per heavy atom. The molecule has 0 saturated heterocycles. The van der Waals surface area contributed by atoms with E-state index in [9.17, 15) is 0 Å². The average Bonchev–Trinajstić information content (AvgIpc) is 3.19. The fraction of sp³-hybridized carbons (Fsp3) is 0.259. The van der Waals surface area contributed by atoms with Crippen LogP contribution in [-0.2, 0) is 0 Å².